The van der Waals surface area contributed by atoms with Crippen LogP contribution in [0.4, 0.5) is 0 Å². The first-order valence-corrected chi connectivity index (χ1v) is 7.51. The van der Waals surface area contributed by atoms with Gasteiger partial charge in [-0.1, -0.05) is 30.3 Å². The molecule has 0 aromatic heterocycles. The Hall–Kier alpha value is -0.900. The zero-order valence-electron chi connectivity index (χ0n) is 13.3. The molecule has 1 aromatic carbocycles. The number of hydrogen-bond acceptors (Lipinski definition) is 3. The third-order valence-corrected chi connectivity index (χ3v) is 5.06. The summed E-state index contributed by atoms with van der Waals surface area (Å²) in [5.41, 5.74) is 0.450. The fraction of sp³-hybridized carbons (Fsp3) is 0.647. The maximum Gasteiger partial charge on any atom is 0.0951 e. The molecule has 0 amide bonds. The molecule has 112 valence electrons. The van der Waals surface area contributed by atoms with Crippen molar-refractivity contribution in [3.63, 3.8) is 0 Å². The minimum atomic E-state index is -0.649. The molecule has 1 unspecified atom stereocenters. The van der Waals surface area contributed by atoms with Crippen molar-refractivity contribution >= 4 is 0 Å². The van der Waals surface area contributed by atoms with Crippen LogP contribution in [-0.2, 0) is 6.54 Å². The molecule has 1 aromatic rings. The summed E-state index contributed by atoms with van der Waals surface area (Å²) in [6.07, 6.45) is 1.93. The molecule has 1 heterocycles. The van der Waals surface area contributed by atoms with Crippen LogP contribution in [0, 0.1) is 0 Å². The minimum Gasteiger partial charge on any atom is -0.387 e. The molecular formula is C17H28N2O. The van der Waals surface area contributed by atoms with Crippen molar-refractivity contribution in [2.24, 2.45) is 0 Å². The van der Waals surface area contributed by atoms with E-state index in [1.807, 2.05) is 20.2 Å². The van der Waals surface area contributed by atoms with E-state index >= 15 is 0 Å². The topological polar surface area (TPSA) is 26.7 Å². The average Bonchev–Trinajstić information content (AvgIpc) is 2.39. The van der Waals surface area contributed by atoms with Crippen LogP contribution in [0.15, 0.2) is 30.3 Å². The molecule has 1 aliphatic heterocycles. The molecule has 1 aliphatic rings. The van der Waals surface area contributed by atoms with Crippen LogP contribution in [0.1, 0.15) is 32.3 Å². The van der Waals surface area contributed by atoms with Crippen LogP contribution in [0.2, 0.25) is 0 Å². The molecule has 3 heteroatoms. The summed E-state index contributed by atoms with van der Waals surface area (Å²) in [4.78, 5) is 4.52. The fourth-order valence-corrected chi connectivity index (χ4v) is 3.02. The highest BCUT2D eigenvalue weighted by Gasteiger charge is 2.47. The van der Waals surface area contributed by atoms with E-state index in [0.717, 1.165) is 32.5 Å². The van der Waals surface area contributed by atoms with Crippen LogP contribution in [-0.4, -0.2) is 53.2 Å². The second kappa shape index (κ2) is 5.84. The highest BCUT2D eigenvalue weighted by Crippen LogP contribution is 2.35. The number of aliphatic hydroxyl groups is 1. The van der Waals surface area contributed by atoms with Crippen molar-refractivity contribution in [3.8, 4) is 0 Å². The predicted octanol–water partition coefficient (Wildman–Crippen LogP) is 2.35. The van der Waals surface area contributed by atoms with E-state index in [9.17, 15) is 5.11 Å². The Morgan fingerprint density at radius 3 is 2.50 bits per heavy atom. The Balaban J connectivity index is 2.08. The van der Waals surface area contributed by atoms with Gasteiger partial charge in [-0.2, -0.15) is 0 Å². The Kier molecular flexibility index (Phi) is 4.52. The summed E-state index contributed by atoms with van der Waals surface area (Å²) in [5.74, 6) is 0. The highest BCUT2D eigenvalue weighted by atomic mass is 16.3. The lowest BCUT2D eigenvalue weighted by atomic mass is 9.76. The van der Waals surface area contributed by atoms with E-state index in [1.165, 1.54) is 5.56 Å². The van der Waals surface area contributed by atoms with Gasteiger partial charge in [-0.25, -0.2) is 0 Å². The van der Waals surface area contributed by atoms with Crippen molar-refractivity contribution in [3.05, 3.63) is 35.9 Å². The molecule has 1 N–H and O–H groups in total. The van der Waals surface area contributed by atoms with Crippen molar-refractivity contribution in [1.82, 2.24) is 9.80 Å². The molecule has 1 atom stereocenters. The molecule has 3 nitrogen and oxygen atoms in total. The van der Waals surface area contributed by atoms with Crippen molar-refractivity contribution in [2.75, 3.05) is 27.2 Å². The molecular weight excluding hydrogens is 248 g/mol. The first kappa shape index (κ1) is 15.5. The van der Waals surface area contributed by atoms with Crippen molar-refractivity contribution in [1.29, 1.82) is 0 Å². The smallest absolute Gasteiger partial charge is 0.0951 e. The molecule has 1 fully saturated rings. The van der Waals surface area contributed by atoms with Gasteiger partial charge in [0.25, 0.3) is 0 Å². The second-order valence-corrected chi connectivity index (χ2v) is 6.78. The SMILES string of the molecule is CN(C)C(C)(C)C1(O)CCCN(Cc2ccccc2)C1. The lowest BCUT2D eigenvalue weighted by Gasteiger charge is -2.51. The van der Waals surface area contributed by atoms with Gasteiger partial charge in [0, 0.05) is 18.6 Å². The van der Waals surface area contributed by atoms with E-state index in [4.69, 9.17) is 0 Å². The first-order chi connectivity index (χ1) is 9.35. The number of likely N-dealkylation sites (tertiary alicyclic amines) is 1. The number of piperidine rings is 1. The van der Waals surface area contributed by atoms with Crippen molar-refractivity contribution in [2.45, 2.75) is 44.4 Å². The highest BCUT2D eigenvalue weighted by molar-refractivity contribution is 5.15. The summed E-state index contributed by atoms with van der Waals surface area (Å²) in [6, 6.07) is 10.5. The number of β-amino-alcohol motifs (C(OH)–C–C–N with tert-alkyl or cyclic N) is 1. The standard InChI is InChI=1S/C17H28N2O/c1-16(2,18(3)4)17(20)11-8-12-19(14-17)13-15-9-6-5-7-10-15/h5-7,9-10,20H,8,11-14H2,1-4H3. The van der Waals surface area contributed by atoms with Crippen LogP contribution in [0.3, 0.4) is 0 Å². The maximum atomic E-state index is 11.1. The molecule has 1 saturated heterocycles. The molecule has 0 spiro atoms. The summed E-state index contributed by atoms with van der Waals surface area (Å²) in [5, 5.41) is 11.1. The number of rotatable bonds is 4. The molecule has 0 radical (unpaired) electrons. The molecule has 0 saturated carbocycles. The van der Waals surface area contributed by atoms with E-state index in [0.29, 0.717) is 0 Å². The quantitative estimate of drug-likeness (QED) is 0.914. The fourth-order valence-electron chi connectivity index (χ4n) is 3.02. The maximum absolute atomic E-state index is 11.1. The Bertz CT molecular complexity index is 430. The van der Waals surface area contributed by atoms with Crippen molar-refractivity contribution < 1.29 is 5.11 Å². The molecule has 0 aliphatic carbocycles. The van der Waals surface area contributed by atoms with Gasteiger partial charge in [-0.3, -0.25) is 4.90 Å². The third kappa shape index (κ3) is 3.05. The second-order valence-electron chi connectivity index (χ2n) is 6.78. The van der Waals surface area contributed by atoms with Gasteiger partial charge in [-0.05, 0) is 52.9 Å². The van der Waals surface area contributed by atoms with Gasteiger partial charge in [-0.15, -0.1) is 0 Å². The summed E-state index contributed by atoms with van der Waals surface area (Å²) < 4.78 is 0. The van der Waals surface area contributed by atoms with E-state index < -0.39 is 5.60 Å². The molecule has 0 bridgehead atoms. The monoisotopic (exact) mass is 276 g/mol. The summed E-state index contributed by atoms with van der Waals surface area (Å²) in [6.45, 7) is 7.01. The Labute approximate surface area is 123 Å². The van der Waals surface area contributed by atoms with Gasteiger partial charge >= 0.3 is 0 Å². The predicted molar refractivity (Wildman–Crippen MR) is 83.7 cm³/mol. The summed E-state index contributed by atoms with van der Waals surface area (Å²) in [7, 11) is 4.10. The number of likely N-dealkylation sites (N-methyl/N-ethyl adjacent to an activating group) is 1. The van der Waals surface area contributed by atoms with Gasteiger partial charge in [0.15, 0.2) is 0 Å². The van der Waals surface area contributed by atoms with Crippen LogP contribution < -0.4 is 0 Å². The van der Waals surface area contributed by atoms with Crippen LogP contribution in [0.25, 0.3) is 0 Å². The minimum absolute atomic E-state index is 0.220. The lowest BCUT2D eigenvalue weighted by molar-refractivity contribution is -0.122. The first-order valence-electron chi connectivity index (χ1n) is 7.51. The Morgan fingerprint density at radius 1 is 1.25 bits per heavy atom. The normalized spacial score (nSPS) is 25.1. The number of nitrogens with zero attached hydrogens (tertiary/aromatic N) is 2. The van der Waals surface area contributed by atoms with Gasteiger partial charge in [0.05, 0.1) is 5.60 Å². The van der Waals surface area contributed by atoms with Crippen LogP contribution >= 0.6 is 0 Å². The van der Waals surface area contributed by atoms with E-state index in [2.05, 4.69) is 47.9 Å². The summed E-state index contributed by atoms with van der Waals surface area (Å²) >= 11 is 0. The molecule has 20 heavy (non-hydrogen) atoms. The average molecular weight is 276 g/mol. The molecule has 2 rings (SSSR count). The zero-order valence-corrected chi connectivity index (χ0v) is 13.3. The number of hydrogen-bond donors (Lipinski definition) is 1. The Morgan fingerprint density at radius 2 is 1.90 bits per heavy atom. The third-order valence-electron chi connectivity index (χ3n) is 5.06. The lowest BCUT2D eigenvalue weighted by Crippen LogP contribution is -2.64. The zero-order chi connectivity index (χ0) is 14.8. The van der Waals surface area contributed by atoms with Gasteiger partial charge < -0.3 is 10.0 Å². The van der Waals surface area contributed by atoms with Gasteiger partial charge in [0.2, 0.25) is 0 Å². The van der Waals surface area contributed by atoms with Gasteiger partial charge in [0.1, 0.15) is 0 Å². The van der Waals surface area contributed by atoms with E-state index in [1.54, 1.807) is 0 Å². The van der Waals surface area contributed by atoms with E-state index in [-0.39, 0.29) is 5.54 Å². The number of benzene rings is 1. The largest absolute Gasteiger partial charge is 0.387 e. The van der Waals surface area contributed by atoms with Crippen LogP contribution in [0.5, 0.6) is 0 Å².